The molecule has 0 aliphatic carbocycles. The molecule has 1 amide bonds. The van der Waals surface area contributed by atoms with Crippen molar-refractivity contribution >= 4 is 39.1 Å². The molecule has 3 rings (SSSR count). The number of hydrogen-bond acceptors (Lipinski definition) is 4. The molecule has 1 saturated heterocycles. The molecule has 2 aromatic rings. The molecule has 1 aromatic carbocycles. The van der Waals surface area contributed by atoms with Gasteiger partial charge in [-0.15, -0.1) is 0 Å². The molecule has 1 fully saturated rings. The minimum absolute atomic E-state index is 0.0404. The highest BCUT2D eigenvalue weighted by atomic mass is 79.9. The van der Waals surface area contributed by atoms with Crippen molar-refractivity contribution in [3.63, 3.8) is 0 Å². The number of ether oxygens (including phenoxy) is 2. The largest absolute Gasteiger partial charge is 0.471 e. The van der Waals surface area contributed by atoms with E-state index in [0.29, 0.717) is 35.4 Å². The topological polar surface area (TPSA) is 60.5 Å². The molecule has 0 unspecified atom stereocenters. The maximum atomic E-state index is 12.2. The van der Waals surface area contributed by atoms with Crippen LogP contribution < -0.4 is 10.1 Å². The van der Waals surface area contributed by atoms with Gasteiger partial charge in [-0.3, -0.25) is 4.79 Å². The normalized spacial score (nSPS) is 17.0. The van der Waals surface area contributed by atoms with Crippen LogP contribution in [0.5, 0.6) is 5.88 Å². The standard InChI is InChI=1S/C16H14BrClN2O3/c17-11-2-1-3-12(7-11)20-15(21)10-6-14(18)16(19-8-10)23-13-4-5-22-9-13/h1-3,6-8,13H,4-5,9H2,(H,20,21)/t13-/m1/s1. The molecule has 0 saturated carbocycles. The Hall–Kier alpha value is -1.63. The summed E-state index contributed by atoms with van der Waals surface area (Å²) in [5.41, 5.74) is 1.05. The number of carbonyl (C=O) groups is 1. The van der Waals surface area contributed by atoms with E-state index in [1.807, 2.05) is 18.2 Å². The average Bonchev–Trinajstić information content (AvgIpc) is 3.02. The average molecular weight is 398 g/mol. The van der Waals surface area contributed by atoms with Crippen molar-refractivity contribution in [1.82, 2.24) is 4.98 Å². The number of amides is 1. The highest BCUT2D eigenvalue weighted by Crippen LogP contribution is 2.25. The minimum atomic E-state index is -0.284. The second-order valence-electron chi connectivity index (χ2n) is 5.08. The first-order valence-electron chi connectivity index (χ1n) is 7.08. The predicted molar refractivity (Wildman–Crippen MR) is 91.2 cm³/mol. The van der Waals surface area contributed by atoms with Crippen molar-refractivity contribution in [2.75, 3.05) is 18.5 Å². The van der Waals surface area contributed by atoms with Gasteiger partial charge in [-0.25, -0.2) is 4.98 Å². The van der Waals surface area contributed by atoms with E-state index in [1.165, 1.54) is 6.20 Å². The van der Waals surface area contributed by atoms with Crippen LogP contribution in [0, 0.1) is 0 Å². The molecule has 1 aliphatic rings. The quantitative estimate of drug-likeness (QED) is 0.849. The third-order valence-electron chi connectivity index (χ3n) is 3.32. The number of nitrogens with one attached hydrogen (secondary N) is 1. The summed E-state index contributed by atoms with van der Waals surface area (Å²) in [6, 6.07) is 8.88. The van der Waals surface area contributed by atoms with Gasteiger partial charge in [-0.05, 0) is 24.3 Å². The van der Waals surface area contributed by atoms with Crippen LogP contribution in [0.15, 0.2) is 41.0 Å². The van der Waals surface area contributed by atoms with Gasteiger partial charge < -0.3 is 14.8 Å². The van der Waals surface area contributed by atoms with Crippen molar-refractivity contribution in [3.05, 3.63) is 51.6 Å². The molecule has 5 nitrogen and oxygen atoms in total. The van der Waals surface area contributed by atoms with Crippen LogP contribution in [-0.4, -0.2) is 30.2 Å². The number of pyridine rings is 1. The van der Waals surface area contributed by atoms with Crippen molar-refractivity contribution in [2.24, 2.45) is 0 Å². The first kappa shape index (κ1) is 16.2. The lowest BCUT2D eigenvalue weighted by molar-refractivity contribution is 0.102. The summed E-state index contributed by atoms with van der Waals surface area (Å²) in [6.45, 7) is 1.21. The van der Waals surface area contributed by atoms with Gasteiger partial charge in [0, 0.05) is 22.8 Å². The van der Waals surface area contributed by atoms with Crippen molar-refractivity contribution < 1.29 is 14.3 Å². The third kappa shape index (κ3) is 4.22. The Kier molecular flexibility index (Phi) is 5.15. The van der Waals surface area contributed by atoms with Gasteiger partial charge in [-0.1, -0.05) is 33.6 Å². The molecule has 0 bridgehead atoms. The van der Waals surface area contributed by atoms with E-state index in [2.05, 4.69) is 26.2 Å². The van der Waals surface area contributed by atoms with E-state index in [0.717, 1.165) is 10.9 Å². The smallest absolute Gasteiger partial charge is 0.257 e. The van der Waals surface area contributed by atoms with Gasteiger partial charge in [0.25, 0.3) is 5.91 Å². The molecule has 1 aromatic heterocycles. The Balaban J connectivity index is 1.70. The second kappa shape index (κ2) is 7.29. The molecule has 1 N–H and O–H groups in total. The highest BCUT2D eigenvalue weighted by Gasteiger charge is 2.20. The fourth-order valence-electron chi connectivity index (χ4n) is 2.17. The van der Waals surface area contributed by atoms with E-state index >= 15 is 0 Å². The highest BCUT2D eigenvalue weighted by molar-refractivity contribution is 9.10. The summed E-state index contributed by atoms with van der Waals surface area (Å²) in [5, 5.41) is 3.09. The van der Waals surface area contributed by atoms with Crippen LogP contribution in [0.2, 0.25) is 5.02 Å². The lowest BCUT2D eigenvalue weighted by atomic mass is 10.2. The number of carbonyl (C=O) groups excluding carboxylic acids is 1. The SMILES string of the molecule is O=C(Nc1cccc(Br)c1)c1cnc(O[C@@H]2CCOC2)c(Cl)c1. The van der Waals surface area contributed by atoms with Crippen molar-refractivity contribution in [3.8, 4) is 5.88 Å². The van der Waals surface area contributed by atoms with E-state index in [4.69, 9.17) is 21.1 Å². The number of rotatable bonds is 4. The number of aromatic nitrogens is 1. The van der Waals surface area contributed by atoms with Crippen molar-refractivity contribution in [1.29, 1.82) is 0 Å². The van der Waals surface area contributed by atoms with E-state index in [9.17, 15) is 4.79 Å². The minimum Gasteiger partial charge on any atom is -0.471 e. The number of benzene rings is 1. The zero-order valence-corrected chi connectivity index (χ0v) is 14.4. The Morgan fingerprint density at radius 1 is 1.43 bits per heavy atom. The third-order valence-corrected chi connectivity index (χ3v) is 4.08. The molecule has 7 heteroatoms. The maximum absolute atomic E-state index is 12.2. The van der Waals surface area contributed by atoms with Gasteiger partial charge in [0.1, 0.15) is 11.1 Å². The lowest BCUT2D eigenvalue weighted by Crippen LogP contribution is -2.17. The molecular weight excluding hydrogens is 384 g/mol. The maximum Gasteiger partial charge on any atom is 0.257 e. The fourth-order valence-corrected chi connectivity index (χ4v) is 2.78. The van der Waals surface area contributed by atoms with Crippen LogP contribution in [-0.2, 0) is 4.74 Å². The van der Waals surface area contributed by atoms with Gasteiger partial charge in [0.2, 0.25) is 5.88 Å². The molecule has 0 spiro atoms. The van der Waals surface area contributed by atoms with E-state index < -0.39 is 0 Å². The van der Waals surface area contributed by atoms with E-state index in [-0.39, 0.29) is 12.0 Å². The van der Waals surface area contributed by atoms with Crippen LogP contribution >= 0.6 is 27.5 Å². The monoisotopic (exact) mass is 396 g/mol. The Labute approximate surface area is 147 Å². The first-order valence-corrected chi connectivity index (χ1v) is 8.26. The number of hydrogen-bond donors (Lipinski definition) is 1. The summed E-state index contributed by atoms with van der Waals surface area (Å²) in [7, 11) is 0. The summed E-state index contributed by atoms with van der Waals surface area (Å²) in [4.78, 5) is 16.4. The van der Waals surface area contributed by atoms with Crippen LogP contribution in [0.4, 0.5) is 5.69 Å². The zero-order valence-electron chi connectivity index (χ0n) is 12.1. The van der Waals surface area contributed by atoms with Crippen LogP contribution in [0.25, 0.3) is 0 Å². The summed E-state index contributed by atoms with van der Waals surface area (Å²) >= 11 is 9.52. The van der Waals surface area contributed by atoms with Gasteiger partial charge in [0.15, 0.2) is 0 Å². The Bertz CT molecular complexity index is 720. The summed E-state index contributed by atoms with van der Waals surface area (Å²) < 4.78 is 11.8. The zero-order chi connectivity index (χ0) is 16.2. The van der Waals surface area contributed by atoms with Crippen LogP contribution in [0.3, 0.4) is 0 Å². The number of nitrogens with zero attached hydrogens (tertiary/aromatic N) is 1. The summed E-state index contributed by atoms with van der Waals surface area (Å²) in [6.07, 6.45) is 2.22. The molecule has 0 radical (unpaired) electrons. The molecule has 120 valence electrons. The molecule has 23 heavy (non-hydrogen) atoms. The number of halogens is 2. The first-order chi connectivity index (χ1) is 11.1. The van der Waals surface area contributed by atoms with Crippen molar-refractivity contribution in [2.45, 2.75) is 12.5 Å². The fraction of sp³-hybridized carbons (Fsp3) is 0.250. The van der Waals surface area contributed by atoms with Crippen LogP contribution in [0.1, 0.15) is 16.8 Å². The summed E-state index contributed by atoms with van der Waals surface area (Å²) in [5.74, 6) is 0.0365. The van der Waals surface area contributed by atoms with E-state index in [1.54, 1.807) is 12.1 Å². The Morgan fingerprint density at radius 3 is 3.00 bits per heavy atom. The van der Waals surface area contributed by atoms with Gasteiger partial charge in [-0.2, -0.15) is 0 Å². The molecular formula is C16H14BrClN2O3. The molecule has 1 aliphatic heterocycles. The Morgan fingerprint density at radius 2 is 2.30 bits per heavy atom. The lowest BCUT2D eigenvalue weighted by Gasteiger charge is -2.12. The molecule has 2 heterocycles. The molecule has 1 atom stereocenters. The second-order valence-corrected chi connectivity index (χ2v) is 6.40. The van der Waals surface area contributed by atoms with Gasteiger partial charge >= 0.3 is 0 Å². The number of anilines is 1. The van der Waals surface area contributed by atoms with Gasteiger partial charge in [0.05, 0.1) is 18.8 Å². The predicted octanol–water partition coefficient (Wildman–Crippen LogP) is 3.92.